The summed E-state index contributed by atoms with van der Waals surface area (Å²) in [5.41, 5.74) is 9.65. The molecule has 0 atom stereocenters. The van der Waals surface area contributed by atoms with Gasteiger partial charge in [-0.25, -0.2) is 0 Å². The van der Waals surface area contributed by atoms with Crippen LogP contribution in [0.2, 0.25) is 0 Å². The molecule has 0 unspecified atom stereocenters. The molecule has 2 nitrogen and oxygen atoms in total. The van der Waals surface area contributed by atoms with Gasteiger partial charge in [-0.3, -0.25) is 0 Å². The predicted molar refractivity (Wildman–Crippen MR) is 239 cm³/mol. The van der Waals surface area contributed by atoms with Crippen LogP contribution in [0.1, 0.15) is 0 Å². The van der Waals surface area contributed by atoms with Gasteiger partial charge < -0.3 is 9.13 Å². The molecule has 0 fully saturated rings. The Morgan fingerprint density at radius 1 is 0.232 bits per heavy atom. The SMILES string of the molecule is c1ccc(-c2ccc(-n3c4ccccc4c4c5c6ccccc6c6cccc7c6c5c(cc43)n7-c3cccc4c5ccccc5c5ccccc5c34)cc2)cc1. The summed E-state index contributed by atoms with van der Waals surface area (Å²) >= 11 is 0. The first-order valence-electron chi connectivity index (χ1n) is 19.4. The van der Waals surface area contributed by atoms with Crippen molar-refractivity contribution >= 4 is 97.5 Å². The lowest BCUT2D eigenvalue weighted by Gasteiger charge is -2.16. The quantitative estimate of drug-likeness (QED) is 0.162. The first kappa shape index (κ1) is 30.0. The van der Waals surface area contributed by atoms with E-state index >= 15 is 0 Å². The molecule has 0 amide bonds. The molecule has 11 aromatic carbocycles. The Bertz CT molecular complexity index is 3690. The van der Waals surface area contributed by atoms with Gasteiger partial charge in [0.2, 0.25) is 0 Å². The zero-order chi connectivity index (χ0) is 36.5. The molecule has 0 spiro atoms. The third-order valence-corrected chi connectivity index (χ3v) is 12.4. The van der Waals surface area contributed by atoms with Gasteiger partial charge in [0, 0.05) is 38.0 Å². The zero-order valence-electron chi connectivity index (χ0n) is 30.4. The van der Waals surface area contributed by atoms with Gasteiger partial charge in [0.05, 0.1) is 27.8 Å². The van der Waals surface area contributed by atoms with Crippen molar-refractivity contribution in [2.45, 2.75) is 0 Å². The van der Waals surface area contributed by atoms with Gasteiger partial charge in [0.15, 0.2) is 0 Å². The second-order valence-corrected chi connectivity index (χ2v) is 15.2. The molecule has 0 saturated heterocycles. The lowest BCUT2D eigenvalue weighted by molar-refractivity contribution is 1.17. The lowest BCUT2D eigenvalue weighted by Crippen LogP contribution is -1.98. The molecule has 2 heteroatoms. The van der Waals surface area contributed by atoms with Crippen molar-refractivity contribution in [3.63, 3.8) is 0 Å². The number of hydrogen-bond donors (Lipinski definition) is 0. The van der Waals surface area contributed by atoms with Gasteiger partial charge >= 0.3 is 0 Å². The Balaban J connectivity index is 1.25. The van der Waals surface area contributed by atoms with Gasteiger partial charge in [-0.2, -0.15) is 0 Å². The van der Waals surface area contributed by atoms with E-state index in [-0.39, 0.29) is 0 Å². The van der Waals surface area contributed by atoms with E-state index in [2.05, 4.69) is 203 Å². The lowest BCUT2D eigenvalue weighted by atomic mass is 9.92. The maximum Gasteiger partial charge on any atom is 0.0569 e. The molecule has 0 aliphatic heterocycles. The third kappa shape index (κ3) is 3.85. The number of benzene rings is 11. The van der Waals surface area contributed by atoms with Crippen LogP contribution in [0.4, 0.5) is 0 Å². The maximum absolute atomic E-state index is 2.58. The Labute approximate surface area is 322 Å². The number of fused-ring (bicyclic) bond motifs is 13. The fourth-order valence-electron chi connectivity index (χ4n) is 10.2. The highest BCUT2D eigenvalue weighted by molar-refractivity contribution is 6.42. The van der Waals surface area contributed by atoms with Gasteiger partial charge in [0.1, 0.15) is 0 Å². The van der Waals surface area contributed by atoms with Crippen LogP contribution in [-0.2, 0) is 0 Å². The van der Waals surface area contributed by atoms with E-state index in [4.69, 9.17) is 0 Å². The van der Waals surface area contributed by atoms with E-state index in [1.807, 2.05) is 0 Å². The van der Waals surface area contributed by atoms with Crippen LogP contribution in [-0.4, -0.2) is 9.13 Å². The number of nitrogens with zero attached hydrogens (tertiary/aromatic N) is 2. The topological polar surface area (TPSA) is 9.86 Å². The van der Waals surface area contributed by atoms with Crippen molar-refractivity contribution in [3.05, 3.63) is 194 Å². The smallest absolute Gasteiger partial charge is 0.0569 e. The van der Waals surface area contributed by atoms with Crippen LogP contribution in [0.25, 0.3) is 120 Å². The predicted octanol–water partition coefficient (Wildman–Crippen LogP) is 14.8. The summed E-state index contributed by atoms with van der Waals surface area (Å²) in [6.45, 7) is 0. The minimum atomic E-state index is 1.15. The Morgan fingerprint density at radius 2 is 0.679 bits per heavy atom. The van der Waals surface area contributed by atoms with Gasteiger partial charge in [0.25, 0.3) is 0 Å². The number of para-hydroxylation sites is 1. The molecular formula is C54H32N2. The molecule has 0 bridgehead atoms. The van der Waals surface area contributed by atoms with Crippen molar-refractivity contribution in [2.75, 3.05) is 0 Å². The molecule has 13 aromatic rings. The minimum Gasteiger partial charge on any atom is -0.309 e. The molecule has 2 aromatic heterocycles. The number of hydrogen-bond acceptors (Lipinski definition) is 0. The second-order valence-electron chi connectivity index (χ2n) is 15.2. The van der Waals surface area contributed by atoms with E-state index in [1.165, 1.54) is 114 Å². The van der Waals surface area contributed by atoms with Crippen molar-refractivity contribution in [3.8, 4) is 22.5 Å². The van der Waals surface area contributed by atoms with Gasteiger partial charge in [-0.05, 0) is 90.6 Å². The third-order valence-electron chi connectivity index (χ3n) is 12.4. The van der Waals surface area contributed by atoms with Crippen LogP contribution in [0.15, 0.2) is 194 Å². The highest BCUT2D eigenvalue weighted by Crippen LogP contribution is 2.50. The average molecular weight is 709 g/mol. The number of rotatable bonds is 3. The molecule has 0 N–H and O–H groups in total. The highest BCUT2D eigenvalue weighted by Gasteiger charge is 2.26. The average Bonchev–Trinajstić information content (AvgIpc) is 3.79. The normalized spacial score (nSPS) is 12.3. The molecule has 13 rings (SSSR count). The van der Waals surface area contributed by atoms with Crippen LogP contribution in [0.5, 0.6) is 0 Å². The number of aromatic nitrogens is 2. The fourth-order valence-corrected chi connectivity index (χ4v) is 10.2. The monoisotopic (exact) mass is 708 g/mol. The Hall–Kier alpha value is -7.42. The fraction of sp³-hybridized carbons (Fsp3) is 0. The summed E-state index contributed by atoms with van der Waals surface area (Å²) in [5.74, 6) is 0. The molecule has 258 valence electrons. The molecule has 0 saturated carbocycles. The van der Waals surface area contributed by atoms with E-state index in [0.29, 0.717) is 0 Å². The van der Waals surface area contributed by atoms with E-state index < -0.39 is 0 Å². The van der Waals surface area contributed by atoms with Crippen molar-refractivity contribution in [2.24, 2.45) is 0 Å². The molecule has 56 heavy (non-hydrogen) atoms. The summed E-state index contributed by atoms with van der Waals surface area (Å²) in [5, 5.41) is 18.1. The Morgan fingerprint density at radius 3 is 1.38 bits per heavy atom. The van der Waals surface area contributed by atoms with Crippen LogP contribution in [0, 0.1) is 0 Å². The molecular weight excluding hydrogens is 677 g/mol. The maximum atomic E-state index is 2.58. The molecule has 0 aliphatic rings. The van der Waals surface area contributed by atoms with Crippen LogP contribution >= 0.6 is 0 Å². The van der Waals surface area contributed by atoms with Gasteiger partial charge in [-0.1, -0.05) is 158 Å². The highest BCUT2D eigenvalue weighted by atomic mass is 15.0. The first-order valence-corrected chi connectivity index (χ1v) is 19.4. The summed E-state index contributed by atoms with van der Waals surface area (Å²) in [6.07, 6.45) is 0. The van der Waals surface area contributed by atoms with Crippen LogP contribution in [0.3, 0.4) is 0 Å². The van der Waals surface area contributed by atoms with Gasteiger partial charge in [-0.15, -0.1) is 0 Å². The largest absolute Gasteiger partial charge is 0.309 e. The Kier molecular flexibility index (Phi) is 5.92. The summed E-state index contributed by atoms with van der Waals surface area (Å²) < 4.78 is 5.06. The summed E-state index contributed by atoms with van der Waals surface area (Å²) in [6, 6.07) is 71.9. The molecule has 0 radical (unpaired) electrons. The first-order chi connectivity index (χ1) is 27.8. The summed E-state index contributed by atoms with van der Waals surface area (Å²) in [7, 11) is 0. The van der Waals surface area contributed by atoms with E-state index in [1.54, 1.807) is 0 Å². The summed E-state index contributed by atoms with van der Waals surface area (Å²) in [4.78, 5) is 0. The minimum absolute atomic E-state index is 1.15. The second kappa shape index (κ2) is 11.1. The van der Waals surface area contributed by atoms with Crippen molar-refractivity contribution in [1.82, 2.24) is 9.13 Å². The molecule has 0 aliphatic carbocycles. The van der Waals surface area contributed by atoms with E-state index in [9.17, 15) is 0 Å². The van der Waals surface area contributed by atoms with Crippen molar-refractivity contribution in [1.29, 1.82) is 0 Å². The van der Waals surface area contributed by atoms with Crippen LogP contribution < -0.4 is 0 Å². The zero-order valence-corrected chi connectivity index (χ0v) is 30.4. The standard InChI is InChI=1S/C54H32N2/c1-2-14-33(15-3-1)34-28-30-35(31-29-34)55-45-25-11-10-22-44(45)52-48(55)32-49-54-51-42(39-19-7-9-21-43(39)53(52)54)24-13-27-47(51)56(49)46-26-12-23-41-38-17-5-4-16-36(38)37-18-6-8-20-40(37)50(41)46/h1-32H. The van der Waals surface area contributed by atoms with E-state index in [0.717, 1.165) is 5.69 Å². The van der Waals surface area contributed by atoms with Crippen molar-refractivity contribution < 1.29 is 0 Å². The molecule has 2 heterocycles.